The second-order valence-electron chi connectivity index (χ2n) is 12.7. The standard InChI is InChI=1S/C37H37ClFN5O6/c1-21-10-11-23(35(46)47)16-29(21)43-22(2)14-30(33(38)34(43)45)50-20-24-12-13-26(39)15-25(24)19-40-36(48)41-32-18-31(37(3,4)5)42-44(32)27-8-7-9-28(17-27)49-6/h7-18H,19-20H2,1-6H3,(H,46,47)(H2,40,41,48). The summed E-state index contributed by atoms with van der Waals surface area (Å²) in [6, 6.07) is 18.7. The number of benzene rings is 3. The number of carboxylic acids is 1. The number of methoxy groups -OCH3 is 1. The molecule has 5 rings (SSSR count). The molecule has 3 aromatic carbocycles. The molecule has 0 bridgehead atoms. The fourth-order valence-corrected chi connectivity index (χ4v) is 5.43. The average molecular weight is 702 g/mol. The van der Waals surface area contributed by atoms with E-state index in [4.69, 9.17) is 26.2 Å². The molecular formula is C37H37ClFN5O6. The summed E-state index contributed by atoms with van der Waals surface area (Å²) in [6.07, 6.45) is 0. The molecule has 3 N–H and O–H groups in total. The summed E-state index contributed by atoms with van der Waals surface area (Å²) < 4.78 is 28.7. The number of nitrogens with one attached hydrogen (secondary N) is 2. The molecule has 0 radical (unpaired) electrons. The number of carbonyl (C=O) groups excluding carboxylic acids is 1. The van der Waals surface area contributed by atoms with E-state index in [9.17, 15) is 23.9 Å². The number of carboxylic acid groups (broad SMARTS) is 1. The fraction of sp³-hybridized carbons (Fsp3) is 0.243. The zero-order valence-electron chi connectivity index (χ0n) is 28.4. The van der Waals surface area contributed by atoms with E-state index in [0.717, 1.165) is 5.69 Å². The summed E-state index contributed by atoms with van der Waals surface area (Å²) in [6.45, 7) is 9.35. The summed E-state index contributed by atoms with van der Waals surface area (Å²) in [7, 11) is 1.57. The van der Waals surface area contributed by atoms with E-state index >= 15 is 0 Å². The minimum absolute atomic E-state index is 0.0247. The molecule has 2 amide bonds. The maximum absolute atomic E-state index is 14.4. The Morgan fingerprint density at radius 1 is 1.00 bits per heavy atom. The molecule has 13 heteroatoms. The number of amides is 2. The van der Waals surface area contributed by atoms with Gasteiger partial charge in [-0.2, -0.15) is 5.10 Å². The Balaban J connectivity index is 1.34. The van der Waals surface area contributed by atoms with Crippen molar-refractivity contribution in [3.63, 3.8) is 0 Å². The molecule has 0 aliphatic rings. The summed E-state index contributed by atoms with van der Waals surface area (Å²) in [5, 5.41) is 19.6. The zero-order valence-corrected chi connectivity index (χ0v) is 29.2. The number of carbonyl (C=O) groups is 2. The van der Waals surface area contributed by atoms with Gasteiger partial charge in [0, 0.05) is 35.9 Å². The molecule has 0 aliphatic carbocycles. The maximum Gasteiger partial charge on any atom is 0.335 e. The zero-order chi connectivity index (χ0) is 36.3. The van der Waals surface area contributed by atoms with Gasteiger partial charge in [-0.1, -0.05) is 50.6 Å². The van der Waals surface area contributed by atoms with Crippen LogP contribution in [0.5, 0.6) is 11.5 Å². The summed E-state index contributed by atoms with van der Waals surface area (Å²) in [5.74, 6) is -0.483. The minimum Gasteiger partial charge on any atom is -0.497 e. The molecule has 0 saturated heterocycles. The van der Waals surface area contributed by atoms with Gasteiger partial charge in [0.1, 0.15) is 34.8 Å². The van der Waals surface area contributed by atoms with Crippen LogP contribution >= 0.6 is 11.6 Å². The Bertz CT molecular complexity index is 2150. The lowest BCUT2D eigenvalue weighted by Gasteiger charge is -2.17. The van der Waals surface area contributed by atoms with Crippen LogP contribution in [0.4, 0.5) is 15.0 Å². The van der Waals surface area contributed by atoms with E-state index in [2.05, 4.69) is 10.6 Å². The Labute approximate surface area is 293 Å². The largest absolute Gasteiger partial charge is 0.497 e. The third-order valence-electron chi connectivity index (χ3n) is 8.01. The Morgan fingerprint density at radius 2 is 1.76 bits per heavy atom. The SMILES string of the molecule is COc1cccc(-n2nc(C(C)(C)C)cc2NC(=O)NCc2cc(F)ccc2COc2cc(C)n(-c3cc(C(=O)O)ccc3C)c(=O)c2Cl)c1. The number of ether oxygens (including phenoxy) is 2. The lowest BCUT2D eigenvalue weighted by atomic mass is 9.92. The lowest BCUT2D eigenvalue weighted by molar-refractivity contribution is 0.0696. The topological polar surface area (TPSA) is 137 Å². The van der Waals surface area contributed by atoms with Crippen LogP contribution in [-0.4, -0.2) is 38.6 Å². The first-order chi connectivity index (χ1) is 23.7. The third-order valence-corrected chi connectivity index (χ3v) is 8.35. The molecule has 0 saturated carbocycles. The third kappa shape index (κ3) is 7.81. The number of hydrogen-bond donors (Lipinski definition) is 3. The van der Waals surface area contributed by atoms with Crippen molar-refractivity contribution < 1.29 is 28.6 Å². The van der Waals surface area contributed by atoms with Crippen LogP contribution in [-0.2, 0) is 18.6 Å². The highest BCUT2D eigenvalue weighted by Crippen LogP contribution is 2.29. The molecule has 50 heavy (non-hydrogen) atoms. The van der Waals surface area contributed by atoms with Crippen LogP contribution in [0.1, 0.15) is 59.2 Å². The van der Waals surface area contributed by atoms with Gasteiger partial charge in [0.15, 0.2) is 0 Å². The normalized spacial score (nSPS) is 11.3. The number of urea groups is 1. The van der Waals surface area contributed by atoms with E-state index in [1.54, 1.807) is 49.9 Å². The van der Waals surface area contributed by atoms with Gasteiger partial charge in [-0.25, -0.2) is 18.7 Å². The van der Waals surface area contributed by atoms with E-state index in [1.807, 2.05) is 39.0 Å². The molecule has 0 unspecified atom stereocenters. The lowest BCUT2D eigenvalue weighted by Crippen LogP contribution is -2.29. The second kappa shape index (κ2) is 14.5. The predicted octanol–water partition coefficient (Wildman–Crippen LogP) is 7.34. The molecule has 0 spiro atoms. The van der Waals surface area contributed by atoms with Crippen molar-refractivity contribution in [2.75, 3.05) is 12.4 Å². The molecule has 0 atom stereocenters. The first-order valence-corrected chi connectivity index (χ1v) is 16.0. The van der Waals surface area contributed by atoms with Gasteiger partial charge < -0.3 is 19.9 Å². The summed E-state index contributed by atoms with van der Waals surface area (Å²) in [4.78, 5) is 38.1. The van der Waals surface area contributed by atoms with E-state index < -0.39 is 23.4 Å². The first kappa shape index (κ1) is 35.7. The fourth-order valence-electron chi connectivity index (χ4n) is 5.24. The van der Waals surface area contributed by atoms with Crippen molar-refractivity contribution in [2.24, 2.45) is 0 Å². The minimum atomic E-state index is -1.13. The average Bonchev–Trinajstić information content (AvgIpc) is 3.50. The van der Waals surface area contributed by atoms with Gasteiger partial charge in [-0.15, -0.1) is 0 Å². The van der Waals surface area contributed by atoms with Crippen LogP contribution in [0.15, 0.2) is 77.6 Å². The van der Waals surface area contributed by atoms with Crippen LogP contribution in [0, 0.1) is 19.7 Å². The Kier molecular flexibility index (Phi) is 10.3. The molecule has 260 valence electrons. The van der Waals surface area contributed by atoms with Crippen molar-refractivity contribution in [3.8, 4) is 22.9 Å². The van der Waals surface area contributed by atoms with Crippen LogP contribution in [0.2, 0.25) is 5.02 Å². The van der Waals surface area contributed by atoms with Gasteiger partial charge in [-0.3, -0.25) is 14.7 Å². The van der Waals surface area contributed by atoms with Crippen LogP contribution in [0.3, 0.4) is 0 Å². The summed E-state index contributed by atoms with van der Waals surface area (Å²) >= 11 is 6.48. The Morgan fingerprint density at radius 3 is 2.46 bits per heavy atom. The van der Waals surface area contributed by atoms with Crippen molar-refractivity contribution >= 4 is 29.4 Å². The van der Waals surface area contributed by atoms with Gasteiger partial charge in [-0.05, 0) is 66.9 Å². The molecular weight excluding hydrogens is 665 g/mol. The van der Waals surface area contributed by atoms with Gasteiger partial charge >= 0.3 is 12.0 Å². The highest BCUT2D eigenvalue weighted by atomic mass is 35.5. The van der Waals surface area contributed by atoms with E-state index in [1.165, 1.54) is 34.9 Å². The molecule has 0 aliphatic heterocycles. The maximum atomic E-state index is 14.4. The van der Waals surface area contributed by atoms with Gasteiger partial charge in [0.2, 0.25) is 0 Å². The van der Waals surface area contributed by atoms with Crippen molar-refractivity contribution in [3.05, 3.63) is 128 Å². The Hall–Kier alpha value is -5.62. The molecule has 2 heterocycles. The number of aryl methyl sites for hydroxylation is 2. The number of aromatic nitrogens is 3. The van der Waals surface area contributed by atoms with Crippen LogP contribution in [0.25, 0.3) is 11.4 Å². The van der Waals surface area contributed by atoms with Crippen molar-refractivity contribution in [1.29, 1.82) is 0 Å². The smallest absolute Gasteiger partial charge is 0.335 e. The molecule has 5 aromatic rings. The number of anilines is 1. The number of hydrogen-bond acceptors (Lipinski definition) is 6. The van der Waals surface area contributed by atoms with Crippen molar-refractivity contribution in [1.82, 2.24) is 19.7 Å². The monoisotopic (exact) mass is 701 g/mol. The highest BCUT2D eigenvalue weighted by Gasteiger charge is 2.22. The van der Waals surface area contributed by atoms with E-state index in [-0.39, 0.29) is 34.9 Å². The second-order valence-corrected chi connectivity index (χ2v) is 13.1. The van der Waals surface area contributed by atoms with Gasteiger partial charge in [0.25, 0.3) is 5.56 Å². The van der Waals surface area contributed by atoms with Crippen molar-refractivity contribution in [2.45, 2.75) is 53.2 Å². The van der Waals surface area contributed by atoms with E-state index in [0.29, 0.717) is 45.3 Å². The predicted molar refractivity (Wildman–Crippen MR) is 189 cm³/mol. The molecule has 2 aromatic heterocycles. The number of pyridine rings is 1. The highest BCUT2D eigenvalue weighted by molar-refractivity contribution is 6.31. The number of halogens is 2. The number of rotatable bonds is 10. The first-order valence-electron chi connectivity index (χ1n) is 15.6. The van der Waals surface area contributed by atoms with Gasteiger partial charge in [0.05, 0.1) is 29.7 Å². The molecule has 0 fully saturated rings. The summed E-state index contributed by atoms with van der Waals surface area (Å²) in [5.41, 5.74) is 3.08. The van der Waals surface area contributed by atoms with Crippen LogP contribution < -0.4 is 25.7 Å². The number of nitrogens with zero attached hydrogens (tertiary/aromatic N) is 3. The molecule has 11 nitrogen and oxygen atoms in total. The number of aromatic carboxylic acids is 1. The quantitative estimate of drug-likeness (QED) is 0.139.